The van der Waals surface area contributed by atoms with Gasteiger partial charge in [0.1, 0.15) is 6.04 Å². The Bertz CT molecular complexity index is 656. The molecule has 2 heterocycles. The van der Waals surface area contributed by atoms with Gasteiger partial charge in [0.2, 0.25) is 5.91 Å². The van der Waals surface area contributed by atoms with Gasteiger partial charge in [-0.1, -0.05) is 28.1 Å². The Balaban J connectivity index is 1.60. The summed E-state index contributed by atoms with van der Waals surface area (Å²) in [5, 5.41) is 6.60. The van der Waals surface area contributed by atoms with Crippen molar-refractivity contribution in [3.63, 3.8) is 0 Å². The number of aromatic nitrogens is 1. The van der Waals surface area contributed by atoms with E-state index in [0.29, 0.717) is 24.9 Å². The van der Waals surface area contributed by atoms with Crippen LogP contribution in [0.5, 0.6) is 0 Å². The van der Waals surface area contributed by atoms with Crippen LogP contribution in [0.25, 0.3) is 0 Å². The summed E-state index contributed by atoms with van der Waals surface area (Å²) in [6.45, 7) is 1.75. The van der Waals surface area contributed by atoms with Gasteiger partial charge in [-0.25, -0.2) is 4.98 Å². The van der Waals surface area contributed by atoms with E-state index in [2.05, 4.69) is 43.7 Å². The van der Waals surface area contributed by atoms with Crippen molar-refractivity contribution in [2.24, 2.45) is 0 Å². The van der Waals surface area contributed by atoms with Crippen LogP contribution in [0.4, 0.5) is 5.13 Å². The first-order valence-corrected chi connectivity index (χ1v) is 8.63. The van der Waals surface area contributed by atoms with Gasteiger partial charge in [-0.05, 0) is 17.7 Å². The number of nitrogens with one attached hydrogen (secondary N) is 2. The summed E-state index contributed by atoms with van der Waals surface area (Å²) >= 11 is 4.97. The van der Waals surface area contributed by atoms with Crippen LogP contribution in [0.1, 0.15) is 10.4 Å². The lowest BCUT2D eigenvalue weighted by Gasteiger charge is -2.22. The Kier molecular flexibility index (Phi) is 5.20. The van der Waals surface area contributed by atoms with Crippen molar-refractivity contribution in [1.29, 1.82) is 0 Å². The molecule has 1 aromatic carbocycles. The van der Waals surface area contributed by atoms with Crippen LogP contribution in [0.2, 0.25) is 0 Å². The topological polar surface area (TPSA) is 63.2 Å². The van der Waals surface area contributed by atoms with E-state index in [1.807, 2.05) is 18.3 Å². The summed E-state index contributed by atoms with van der Waals surface area (Å²) in [6.07, 6.45) is 2.61. The number of amides is 1. The van der Waals surface area contributed by atoms with Gasteiger partial charge in [-0.15, -0.1) is 11.3 Å². The van der Waals surface area contributed by atoms with Crippen LogP contribution in [-0.2, 0) is 16.0 Å². The lowest BCUT2D eigenvalue weighted by molar-refractivity contribution is -0.120. The molecular formula is C15H16BrN3O2S. The molecule has 1 fully saturated rings. The first kappa shape index (κ1) is 15.6. The highest BCUT2D eigenvalue weighted by Crippen LogP contribution is 2.22. The molecule has 22 heavy (non-hydrogen) atoms. The van der Waals surface area contributed by atoms with Crippen molar-refractivity contribution < 1.29 is 9.53 Å². The maximum absolute atomic E-state index is 12.1. The molecule has 0 bridgehead atoms. The lowest BCUT2D eigenvalue weighted by atomic mass is 10.1. The smallest absolute Gasteiger partial charge is 0.245 e. The van der Waals surface area contributed by atoms with Crippen molar-refractivity contribution in [2.75, 3.05) is 25.1 Å². The third-order valence-electron chi connectivity index (χ3n) is 3.29. The molecule has 1 atom stereocenters. The number of morpholine rings is 1. The van der Waals surface area contributed by atoms with Gasteiger partial charge in [-0.2, -0.15) is 0 Å². The average Bonchev–Trinajstić information content (AvgIpc) is 2.95. The van der Waals surface area contributed by atoms with Gasteiger partial charge in [0, 0.05) is 28.5 Å². The predicted octanol–water partition coefficient (Wildman–Crippen LogP) is 2.42. The molecule has 1 saturated heterocycles. The third kappa shape index (κ3) is 4.13. The number of anilines is 1. The van der Waals surface area contributed by atoms with E-state index in [0.717, 1.165) is 15.8 Å². The zero-order valence-electron chi connectivity index (χ0n) is 11.8. The third-order valence-corrected chi connectivity index (χ3v) is 4.70. The van der Waals surface area contributed by atoms with Gasteiger partial charge >= 0.3 is 0 Å². The highest BCUT2D eigenvalue weighted by Gasteiger charge is 2.21. The number of carbonyl (C=O) groups is 1. The van der Waals surface area contributed by atoms with Gasteiger partial charge in [0.05, 0.1) is 13.2 Å². The highest BCUT2D eigenvalue weighted by atomic mass is 79.9. The number of ether oxygens (including phenoxy) is 1. The van der Waals surface area contributed by atoms with Crippen LogP contribution in [0.15, 0.2) is 34.9 Å². The number of benzene rings is 1. The molecule has 1 aliphatic heterocycles. The van der Waals surface area contributed by atoms with Crippen molar-refractivity contribution >= 4 is 38.3 Å². The van der Waals surface area contributed by atoms with Crippen molar-refractivity contribution in [2.45, 2.75) is 12.5 Å². The predicted molar refractivity (Wildman–Crippen MR) is 90.3 cm³/mol. The van der Waals surface area contributed by atoms with E-state index in [1.165, 1.54) is 16.9 Å². The number of hydrogen-bond donors (Lipinski definition) is 2. The Hall–Kier alpha value is -1.28. The number of rotatable bonds is 4. The van der Waals surface area contributed by atoms with Gasteiger partial charge in [0.15, 0.2) is 5.13 Å². The van der Waals surface area contributed by atoms with Crippen LogP contribution in [0, 0.1) is 0 Å². The second-order valence-electron chi connectivity index (χ2n) is 5.01. The first-order chi connectivity index (χ1) is 10.7. The van der Waals surface area contributed by atoms with Crippen molar-refractivity contribution in [3.05, 3.63) is 45.4 Å². The molecule has 7 heteroatoms. The minimum Gasteiger partial charge on any atom is -0.378 e. The summed E-state index contributed by atoms with van der Waals surface area (Å²) in [5.41, 5.74) is 1.21. The lowest BCUT2D eigenvalue weighted by Crippen LogP contribution is -2.48. The largest absolute Gasteiger partial charge is 0.378 e. The first-order valence-electron chi connectivity index (χ1n) is 7.02. The SMILES string of the molecule is O=C(Nc1ncc(Cc2cccc(Br)c2)s1)C1COCCN1. The monoisotopic (exact) mass is 381 g/mol. The fraction of sp³-hybridized carbons (Fsp3) is 0.333. The second-order valence-corrected chi connectivity index (χ2v) is 7.04. The molecule has 1 aromatic heterocycles. The molecule has 2 N–H and O–H groups in total. The molecule has 2 aromatic rings. The Labute approximate surface area is 141 Å². The normalized spacial score (nSPS) is 18.1. The highest BCUT2D eigenvalue weighted by molar-refractivity contribution is 9.10. The number of nitrogens with zero attached hydrogens (tertiary/aromatic N) is 1. The molecule has 5 nitrogen and oxygen atoms in total. The zero-order valence-corrected chi connectivity index (χ0v) is 14.2. The van der Waals surface area contributed by atoms with Crippen LogP contribution in [0.3, 0.4) is 0 Å². The Morgan fingerprint density at radius 3 is 3.23 bits per heavy atom. The summed E-state index contributed by atoms with van der Waals surface area (Å²) in [4.78, 5) is 17.5. The summed E-state index contributed by atoms with van der Waals surface area (Å²) in [5.74, 6) is -0.0944. The van der Waals surface area contributed by atoms with Crippen molar-refractivity contribution in [3.8, 4) is 0 Å². The average molecular weight is 382 g/mol. The Morgan fingerprint density at radius 2 is 2.45 bits per heavy atom. The van der Waals surface area contributed by atoms with E-state index >= 15 is 0 Å². The van der Waals surface area contributed by atoms with Crippen LogP contribution < -0.4 is 10.6 Å². The van der Waals surface area contributed by atoms with E-state index in [4.69, 9.17) is 4.74 Å². The van der Waals surface area contributed by atoms with E-state index < -0.39 is 0 Å². The van der Waals surface area contributed by atoms with E-state index in [-0.39, 0.29) is 11.9 Å². The molecule has 0 spiro atoms. The Morgan fingerprint density at radius 1 is 1.55 bits per heavy atom. The molecule has 1 unspecified atom stereocenters. The summed E-state index contributed by atoms with van der Waals surface area (Å²) in [6, 6.07) is 7.87. The van der Waals surface area contributed by atoms with Gasteiger partial charge in [-0.3, -0.25) is 4.79 Å². The maximum atomic E-state index is 12.1. The van der Waals surface area contributed by atoms with E-state index in [9.17, 15) is 4.79 Å². The molecule has 0 radical (unpaired) electrons. The molecule has 1 aliphatic rings. The summed E-state index contributed by atoms with van der Waals surface area (Å²) < 4.78 is 6.35. The number of halogens is 1. The standard InChI is InChI=1S/C15H16BrN3O2S/c16-11-3-1-2-10(6-11)7-12-8-18-15(22-12)19-14(20)13-9-21-5-4-17-13/h1-3,6,8,13,17H,4-5,7,9H2,(H,18,19,20). The number of thiazole rings is 1. The van der Waals surface area contributed by atoms with Crippen LogP contribution in [-0.4, -0.2) is 36.7 Å². The second kappa shape index (κ2) is 7.32. The fourth-order valence-corrected chi connectivity index (χ4v) is 3.52. The number of carbonyl (C=O) groups excluding carboxylic acids is 1. The van der Waals surface area contributed by atoms with Gasteiger partial charge in [0.25, 0.3) is 0 Å². The zero-order chi connectivity index (χ0) is 15.4. The van der Waals surface area contributed by atoms with Crippen molar-refractivity contribution in [1.82, 2.24) is 10.3 Å². The molecule has 0 aliphatic carbocycles. The minimum absolute atomic E-state index is 0.0944. The molecular weight excluding hydrogens is 366 g/mol. The minimum atomic E-state index is -0.300. The quantitative estimate of drug-likeness (QED) is 0.853. The molecule has 116 valence electrons. The summed E-state index contributed by atoms with van der Waals surface area (Å²) in [7, 11) is 0. The molecule has 0 saturated carbocycles. The number of hydrogen-bond acceptors (Lipinski definition) is 5. The molecule has 3 rings (SSSR count). The van der Waals surface area contributed by atoms with Crippen LogP contribution >= 0.6 is 27.3 Å². The molecule has 1 amide bonds. The maximum Gasteiger partial charge on any atom is 0.245 e. The fourth-order valence-electron chi connectivity index (χ4n) is 2.22. The van der Waals surface area contributed by atoms with E-state index in [1.54, 1.807) is 0 Å². The van der Waals surface area contributed by atoms with Gasteiger partial charge < -0.3 is 15.4 Å².